The van der Waals surface area contributed by atoms with Crippen LogP contribution in [0.3, 0.4) is 0 Å². The highest BCUT2D eigenvalue weighted by molar-refractivity contribution is 5.39. The molecule has 3 fully saturated rings. The number of ether oxygens (including phenoxy) is 1. The Morgan fingerprint density at radius 1 is 0.971 bits per heavy atom. The molecular weight excluding hydrogens is 440 g/mol. The third-order valence-corrected chi connectivity index (χ3v) is 11.7. The van der Waals surface area contributed by atoms with Crippen molar-refractivity contribution in [2.24, 2.45) is 34.0 Å². The summed E-state index contributed by atoms with van der Waals surface area (Å²) in [4.78, 5) is 0. The van der Waals surface area contributed by atoms with Gasteiger partial charge in [-0.3, -0.25) is 0 Å². The van der Waals surface area contributed by atoms with Crippen LogP contribution in [0.5, 0.6) is 0 Å². The summed E-state index contributed by atoms with van der Waals surface area (Å²) in [6, 6.07) is 0. The third-order valence-electron chi connectivity index (χ3n) is 11.7. The highest BCUT2D eigenvalue weighted by atomic mass is 16.5. The van der Waals surface area contributed by atoms with Crippen LogP contribution in [0.1, 0.15) is 93.4 Å². The number of aliphatic hydroxyl groups is 4. The zero-order chi connectivity index (χ0) is 25.8. The molecule has 0 amide bonds. The summed E-state index contributed by atoms with van der Waals surface area (Å²) in [6.07, 6.45) is 8.50. The molecule has 0 aromatic rings. The van der Waals surface area contributed by atoms with Gasteiger partial charge in [-0.05, 0) is 93.5 Å². The lowest BCUT2D eigenvalue weighted by Crippen LogP contribution is -2.53. The first-order valence-electron chi connectivity index (χ1n) is 13.9. The van der Waals surface area contributed by atoms with Crippen molar-refractivity contribution < 1.29 is 25.2 Å². The van der Waals surface area contributed by atoms with E-state index in [2.05, 4.69) is 46.8 Å². The SMILES string of the molecule is CC(C)(O)[C@@H]1CC[C@](C)([C@H]2[C@@H](O)C[C@@]3(C)[C@@H]4C[C@H](O)[C@@H]5C(=CC4=CC[C@]23C)CC[C@H](O)C5(C)C)O1. The van der Waals surface area contributed by atoms with Crippen LogP contribution in [-0.4, -0.2) is 56.0 Å². The van der Waals surface area contributed by atoms with Gasteiger partial charge in [0.1, 0.15) is 0 Å². The Kier molecular flexibility index (Phi) is 5.84. The van der Waals surface area contributed by atoms with Gasteiger partial charge in [-0.1, -0.05) is 45.4 Å². The fourth-order valence-corrected chi connectivity index (χ4v) is 9.54. The summed E-state index contributed by atoms with van der Waals surface area (Å²) in [5, 5.41) is 44.7. The van der Waals surface area contributed by atoms with Crippen LogP contribution >= 0.6 is 0 Å². The Bertz CT molecular complexity index is 930. The lowest BCUT2D eigenvalue weighted by molar-refractivity contribution is -0.171. The van der Waals surface area contributed by atoms with Crippen molar-refractivity contribution in [1.29, 1.82) is 0 Å². The van der Waals surface area contributed by atoms with E-state index >= 15 is 0 Å². The van der Waals surface area contributed by atoms with Gasteiger partial charge in [-0.2, -0.15) is 0 Å². The molecule has 4 N–H and O–H groups in total. The molecule has 35 heavy (non-hydrogen) atoms. The van der Waals surface area contributed by atoms with Crippen LogP contribution < -0.4 is 0 Å². The van der Waals surface area contributed by atoms with Crippen LogP contribution in [0.15, 0.2) is 23.3 Å². The topological polar surface area (TPSA) is 90.2 Å². The number of hydrogen-bond donors (Lipinski definition) is 4. The molecule has 5 rings (SSSR count). The zero-order valence-electron chi connectivity index (χ0n) is 22.8. The molecule has 5 heteroatoms. The van der Waals surface area contributed by atoms with Gasteiger partial charge in [-0.25, -0.2) is 0 Å². The van der Waals surface area contributed by atoms with E-state index in [9.17, 15) is 20.4 Å². The van der Waals surface area contributed by atoms with Crippen LogP contribution in [0, 0.1) is 34.0 Å². The number of allylic oxidation sites excluding steroid dienone is 3. The largest absolute Gasteiger partial charge is 0.393 e. The second kappa shape index (κ2) is 7.89. The van der Waals surface area contributed by atoms with Gasteiger partial charge >= 0.3 is 0 Å². The zero-order valence-corrected chi connectivity index (χ0v) is 22.8. The fraction of sp³-hybridized carbons (Fsp3) is 0.867. The molecule has 5 nitrogen and oxygen atoms in total. The second-order valence-corrected chi connectivity index (χ2v) is 14.5. The van der Waals surface area contributed by atoms with Crippen molar-refractivity contribution in [2.45, 2.75) is 129 Å². The minimum atomic E-state index is -0.906. The number of hydrogen-bond acceptors (Lipinski definition) is 5. The summed E-state index contributed by atoms with van der Waals surface area (Å²) in [7, 11) is 0. The first kappa shape index (κ1) is 25.9. The van der Waals surface area contributed by atoms with Crippen molar-refractivity contribution in [3.63, 3.8) is 0 Å². The molecule has 0 spiro atoms. The third kappa shape index (κ3) is 3.59. The van der Waals surface area contributed by atoms with Gasteiger partial charge in [0.05, 0.1) is 35.6 Å². The lowest BCUT2D eigenvalue weighted by Gasteiger charge is -2.55. The summed E-state index contributed by atoms with van der Waals surface area (Å²) < 4.78 is 6.61. The van der Waals surface area contributed by atoms with Crippen molar-refractivity contribution in [3.05, 3.63) is 23.3 Å². The van der Waals surface area contributed by atoms with E-state index in [4.69, 9.17) is 4.74 Å². The first-order chi connectivity index (χ1) is 16.0. The van der Waals surface area contributed by atoms with E-state index < -0.39 is 29.5 Å². The Labute approximate surface area is 211 Å². The first-order valence-corrected chi connectivity index (χ1v) is 13.9. The maximum atomic E-state index is 11.6. The fourth-order valence-electron chi connectivity index (χ4n) is 9.54. The van der Waals surface area contributed by atoms with Crippen LogP contribution in [0.2, 0.25) is 0 Å². The highest BCUT2D eigenvalue weighted by Crippen LogP contribution is 2.70. The Hall–Kier alpha value is -0.720. The van der Waals surface area contributed by atoms with Crippen LogP contribution in [0.25, 0.3) is 0 Å². The van der Waals surface area contributed by atoms with Gasteiger partial charge in [0.25, 0.3) is 0 Å². The van der Waals surface area contributed by atoms with E-state index in [0.29, 0.717) is 12.8 Å². The Balaban J connectivity index is 1.52. The molecule has 0 aromatic heterocycles. The molecule has 0 radical (unpaired) electrons. The maximum absolute atomic E-state index is 11.6. The van der Waals surface area contributed by atoms with Crippen LogP contribution in [-0.2, 0) is 4.74 Å². The summed E-state index contributed by atoms with van der Waals surface area (Å²) >= 11 is 0. The Morgan fingerprint density at radius 3 is 2.29 bits per heavy atom. The number of rotatable bonds is 2. The van der Waals surface area contributed by atoms with Crippen LogP contribution in [0.4, 0.5) is 0 Å². The Morgan fingerprint density at radius 2 is 1.66 bits per heavy atom. The highest BCUT2D eigenvalue weighted by Gasteiger charge is 2.68. The molecule has 5 aliphatic rings. The molecule has 1 heterocycles. The maximum Gasteiger partial charge on any atom is 0.0865 e. The molecule has 2 saturated carbocycles. The lowest BCUT2D eigenvalue weighted by atomic mass is 9.50. The molecule has 0 unspecified atom stereocenters. The summed E-state index contributed by atoms with van der Waals surface area (Å²) in [5.74, 6) is 0.0636. The monoisotopic (exact) mass is 488 g/mol. The molecule has 0 bridgehead atoms. The molecular formula is C30H48O5. The summed E-state index contributed by atoms with van der Waals surface area (Å²) in [5.41, 5.74) is 0.453. The number of fused-ring (bicyclic) bond motifs is 4. The molecule has 1 saturated heterocycles. The van der Waals surface area contributed by atoms with E-state index in [1.54, 1.807) is 0 Å². The standard InChI is InChI=1S/C30H48O5/c1-26(2)22(33)9-8-18-14-17-10-12-28(5)25(30(7)13-11-23(35-30)27(3,4)34)21(32)16-29(28,6)19(17)15-20(31)24(18)26/h10,14,19-25,31-34H,8-9,11-13,15-16H2,1-7H3/t19-,20+,21+,22+,23+,24+,25+,28-,29+,30-/m1/s1. The average molecular weight is 489 g/mol. The predicted molar refractivity (Wildman–Crippen MR) is 137 cm³/mol. The average Bonchev–Trinajstić information content (AvgIpc) is 3.16. The molecule has 0 aromatic carbocycles. The van der Waals surface area contributed by atoms with Crippen molar-refractivity contribution in [2.75, 3.05) is 0 Å². The van der Waals surface area contributed by atoms with Crippen molar-refractivity contribution in [1.82, 2.24) is 0 Å². The quantitative estimate of drug-likeness (QED) is 0.459. The normalized spacial score (nSPS) is 51.6. The van der Waals surface area contributed by atoms with Crippen molar-refractivity contribution in [3.8, 4) is 0 Å². The summed E-state index contributed by atoms with van der Waals surface area (Å²) in [6.45, 7) is 14.6. The minimum Gasteiger partial charge on any atom is -0.393 e. The molecule has 198 valence electrons. The minimum absolute atomic E-state index is 0.0428. The van der Waals surface area contributed by atoms with Crippen molar-refractivity contribution >= 4 is 0 Å². The second-order valence-electron chi connectivity index (χ2n) is 14.5. The van der Waals surface area contributed by atoms with Gasteiger partial charge in [0.2, 0.25) is 0 Å². The van der Waals surface area contributed by atoms with Gasteiger partial charge in [-0.15, -0.1) is 0 Å². The molecule has 1 aliphatic heterocycles. The van der Waals surface area contributed by atoms with Gasteiger partial charge < -0.3 is 25.2 Å². The smallest absolute Gasteiger partial charge is 0.0865 e. The number of aliphatic hydroxyl groups excluding tert-OH is 3. The molecule has 10 atom stereocenters. The van der Waals surface area contributed by atoms with Gasteiger partial charge in [0, 0.05) is 11.8 Å². The molecule has 4 aliphatic carbocycles. The van der Waals surface area contributed by atoms with E-state index in [-0.39, 0.29) is 40.1 Å². The van der Waals surface area contributed by atoms with Gasteiger partial charge in [0.15, 0.2) is 0 Å². The van der Waals surface area contributed by atoms with E-state index in [1.807, 2.05) is 13.8 Å². The van der Waals surface area contributed by atoms with E-state index in [1.165, 1.54) is 11.1 Å². The predicted octanol–water partition coefficient (Wildman–Crippen LogP) is 4.52. The van der Waals surface area contributed by atoms with E-state index in [0.717, 1.165) is 32.1 Å².